The van der Waals surface area contributed by atoms with Crippen LogP contribution >= 0.6 is 0 Å². The molecule has 2 rings (SSSR count). The predicted octanol–water partition coefficient (Wildman–Crippen LogP) is 3.81. The van der Waals surface area contributed by atoms with Gasteiger partial charge in [-0.05, 0) is 26.3 Å². The number of ether oxygens (including phenoxy) is 1. The molecule has 0 saturated carbocycles. The molecule has 1 aromatic rings. The molecule has 5 heteroatoms. The lowest BCUT2D eigenvalue weighted by molar-refractivity contribution is 0.0473. The average Bonchev–Trinajstić information content (AvgIpc) is 2.61. The number of nitrogens with one attached hydrogen (secondary N) is 1. The van der Waals surface area contributed by atoms with Gasteiger partial charge in [0.1, 0.15) is 17.5 Å². The smallest absolute Gasteiger partial charge is 0.133 e. The molecule has 1 N–H and O–H groups in total. The second-order valence-corrected chi connectivity index (χ2v) is 5.80. The van der Waals surface area contributed by atoms with E-state index >= 15 is 0 Å². The molecule has 0 radical (unpaired) electrons. The fourth-order valence-electron chi connectivity index (χ4n) is 3.37. The van der Waals surface area contributed by atoms with Crippen molar-refractivity contribution in [3.63, 3.8) is 0 Å². The van der Waals surface area contributed by atoms with E-state index in [1.165, 1.54) is 0 Å². The quantitative estimate of drug-likeness (QED) is 0.913. The molecule has 0 aromatic heterocycles. The summed E-state index contributed by atoms with van der Waals surface area (Å²) in [6, 6.07) is 0.930. The van der Waals surface area contributed by atoms with Crippen molar-refractivity contribution < 1.29 is 17.9 Å². The molecule has 1 fully saturated rings. The van der Waals surface area contributed by atoms with Crippen molar-refractivity contribution in [3.8, 4) is 0 Å². The highest BCUT2D eigenvalue weighted by atomic mass is 19.1. The lowest BCUT2D eigenvalue weighted by Gasteiger charge is -2.30. The summed E-state index contributed by atoms with van der Waals surface area (Å²) in [5, 5.41) is 3.14. The van der Waals surface area contributed by atoms with Crippen LogP contribution in [0.15, 0.2) is 12.1 Å². The molecule has 5 atom stereocenters. The van der Waals surface area contributed by atoms with Gasteiger partial charge >= 0.3 is 0 Å². The van der Waals surface area contributed by atoms with E-state index in [-0.39, 0.29) is 29.6 Å². The van der Waals surface area contributed by atoms with Gasteiger partial charge in [-0.3, -0.25) is 0 Å². The summed E-state index contributed by atoms with van der Waals surface area (Å²) in [6.07, 6.45) is -0.0966. The average molecular weight is 301 g/mol. The molecule has 1 aliphatic rings. The maximum Gasteiger partial charge on any atom is 0.133 e. The van der Waals surface area contributed by atoms with Crippen LogP contribution in [-0.4, -0.2) is 18.8 Å². The van der Waals surface area contributed by atoms with E-state index in [2.05, 4.69) is 5.32 Å². The van der Waals surface area contributed by atoms with Crippen molar-refractivity contribution in [1.82, 2.24) is 5.32 Å². The minimum atomic E-state index is -0.902. The number of halogens is 3. The molecule has 118 valence electrons. The highest BCUT2D eigenvalue weighted by molar-refractivity contribution is 5.26. The van der Waals surface area contributed by atoms with E-state index in [1.807, 2.05) is 27.7 Å². The Morgan fingerprint density at radius 3 is 2.10 bits per heavy atom. The van der Waals surface area contributed by atoms with Gasteiger partial charge in [0.25, 0.3) is 0 Å². The van der Waals surface area contributed by atoms with Gasteiger partial charge in [-0.25, -0.2) is 13.2 Å². The Morgan fingerprint density at radius 1 is 1.10 bits per heavy atom. The Hall–Kier alpha value is -1.07. The van der Waals surface area contributed by atoms with Crippen LogP contribution in [0.5, 0.6) is 0 Å². The lowest BCUT2D eigenvalue weighted by Crippen LogP contribution is -2.36. The van der Waals surface area contributed by atoms with Crippen LogP contribution in [0.1, 0.15) is 39.3 Å². The normalized spacial score (nSPS) is 30.6. The number of rotatable bonds is 4. The summed E-state index contributed by atoms with van der Waals surface area (Å²) in [7, 11) is 0. The van der Waals surface area contributed by atoms with Gasteiger partial charge in [-0.2, -0.15) is 0 Å². The van der Waals surface area contributed by atoms with Crippen LogP contribution in [0, 0.1) is 29.3 Å². The topological polar surface area (TPSA) is 21.3 Å². The van der Waals surface area contributed by atoms with Crippen LogP contribution in [0.2, 0.25) is 0 Å². The first-order valence-electron chi connectivity index (χ1n) is 7.40. The zero-order chi connectivity index (χ0) is 15.7. The minimum absolute atomic E-state index is 0.0257. The highest BCUT2D eigenvalue weighted by Gasteiger charge is 2.43. The van der Waals surface area contributed by atoms with E-state index < -0.39 is 23.5 Å². The maximum atomic E-state index is 14.1. The van der Waals surface area contributed by atoms with Crippen molar-refractivity contribution in [2.45, 2.75) is 45.9 Å². The van der Waals surface area contributed by atoms with E-state index in [0.29, 0.717) is 6.54 Å². The third kappa shape index (κ3) is 3.09. The fraction of sp³-hybridized carbons (Fsp3) is 0.625. The highest BCUT2D eigenvalue weighted by Crippen LogP contribution is 2.41. The van der Waals surface area contributed by atoms with E-state index in [0.717, 1.165) is 12.1 Å². The molecule has 1 aromatic carbocycles. The standard InChI is InChI=1S/C16H22F3NO/c1-5-20-16(14-8(2)9(3)21-10(14)4)15-12(18)6-11(17)7-13(15)19/h6-10,14,16,20H,5H2,1-4H3. The summed E-state index contributed by atoms with van der Waals surface area (Å²) in [4.78, 5) is 0. The van der Waals surface area contributed by atoms with Gasteiger partial charge in [0.05, 0.1) is 12.2 Å². The third-order valence-corrected chi connectivity index (χ3v) is 4.48. The minimum Gasteiger partial charge on any atom is -0.375 e. The van der Waals surface area contributed by atoms with Crippen molar-refractivity contribution in [1.29, 1.82) is 0 Å². The van der Waals surface area contributed by atoms with Crippen LogP contribution in [-0.2, 0) is 4.74 Å². The molecule has 1 aliphatic heterocycles. The van der Waals surface area contributed by atoms with E-state index in [9.17, 15) is 13.2 Å². The zero-order valence-corrected chi connectivity index (χ0v) is 12.8. The van der Waals surface area contributed by atoms with Crippen LogP contribution < -0.4 is 5.32 Å². The van der Waals surface area contributed by atoms with Crippen molar-refractivity contribution >= 4 is 0 Å². The molecular formula is C16H22F3NO. The number of hydrogen-bond donors (Lipinski definition) is 1. The van der Waals surface area contributed by atoms with Gasteiger partial charge in [0.15, 0.2) is 0 Å². The van der Waals surface area contributed by atoms with Crippen LogP contribution in [0.3, 0.4) is 0 Å². The Balaban J connectivity index is 2.45. The first kappa shape index (κ1) is 16.3. The molecule has 0 aliphatic carbocycles. The monoisotopic (exact) mass is 301 g/mol. The van der Waals surface area contributed by atoms with Crippen molar-refractivity contribution in [3.05, 3.63) is 35.1 Å². The largest absolute Gasteiger partial charge is 0.375 e. The molecule has 2 nitrogen and oxygen atoms in total. The summed E-state index contributed by atoms with van der Waals surface area (Å²) in [6.45, 7) is 8.32. The summed E-state index contributed by atoms with van der Waals surface area (Å²) in [5.74, 6) is -2.53. The molecule has 0 bridgehead atoms. The second kappa shape index (κ2) is 6.36. The lowest BCUT2D eigenvalue weighted by atomic mass is 9.80. The Morgan fingerprint density at radius 2 is 1.67 bits per heavy atom. The van der Waals surface area contributed by atoms with Gasteiger partial charge in [0.2, 0.25) is 0 Å². The first-order chi connectivity index (χ1) is 9.86. The van der Waals surface area contributed by atoms with Crippen LogP contribution in [0.4, 0.5) is 13.2 Å². The Labute approximate surface area is 123 Å². The molecule has 1 saturated heterocycles. The summed E-state index contributed by atoms with van der Waals surface area (Å²) < 4.78 is 47.2. The molecule has 21 heavy (non-hydrogen) atoms. The zero-order valence-electron chi connectivity index (χ0n) is 12.8. The van der Waals surface area contributed by atoms with Gasteiger partial charge in [-0.1, -0.05) is 13.8 Å². The molecule has 1 heterocycles. The van der Waals surface area contributed by atoms with E-state index in [4.69, 9.17) is 4.74 Å². The molecular weight excluding hydrogens is 279 g/mol. The summed E-state index contributed by atoms with van der Waals surface area (Å²) in [5.41, 5.74) is -0.0975. The van der Waals surface area contributed by atoms with Gasteiger partial charge in [-0.15, -0.1) is 0 Å². The molecule has 0 spiro atoms. The number of hydrogen-bond acceptors (Lipinski definition) is 2. The summed E-state index contributed by atoms with van der Waals surface area (Å²) >= 11 is 0. The Kier molecular flexibility index (Phi) is 4.94. The third-order valence-electron chi connectivity index (χ3n) is 4.48. The van der Waals surface area contributed by atoms with Crippen LogP contribution in [0.25, 0.3) is 0 Å². The molecule has 0 amide bonds. The molecule has 5 unspecified atom stereocenters. The second-order valence-electron chi connectivity index (χ2n) is 5.80. The van der Waals surface area contributed by atoms with Gasteiger partial charge < -0.3 is 10.1 Å². The SMILES string of the molecule is CCNC(c1c(F)cc(F)cc1F)C1C(C)OC(C)C1C. The van der Waals surface area contributed by atoms with Gasteiger partial charge in [0, 0.05) is 29.7 Å². The first-order valence-corrected chi connectivity index (χ1v) is 7.40. The van der Waals surface area contributed by atoms with Crippen molar-refractivity contribution in [2.24, 2.45) is 11.8 Å². The Bertz CT molecular complexity index is 485. The van der Waals surface area contributed by atoms with Crippen molar-refractivity contribution in [2.75, 3.05) is 6.54 Å². The fourth-order valence-corrected chi connectivity index (χ4v) is 3.37. The number of benzene rings is 1. The van der Waals surface area contributed by atoms with E-state index in [1.54, 1.807) is 0 Å². The predicted molar refractivity (Wildman–Crippen MR) is 75.4 cm³/mol. The maximum absolute atomic E-state index is 14.1.